The number of aliphatic hydroxyl groups is 1. The second-order valence-corrected chi connectivity index (χ2v) is 4.35. The van der Waals surface area contributed by atoms with Crippen LogP contribution in [0.4, 0.5) is 4.39 Å². The highest BCUT2D eigenvalue weighted by molar-refractivity contribution is 5.78. The Labute approximate surface area is 88.7 Å². The molecule has 0 bridgehead atoms. The molecule has 1 aromatic rings. The first-order valence-corrected chi connectivity index (χ1v) is 4.79. The number of hydrogen-bond donors (Lipinski definition) is 1. The molecule has 0 unspecified atom stereocenters. The molecule has 0 aliphatic carbocycles. The Hall–Kier alpha value is -1.22. The van der Waals surface area contributed by atoms with Gasteiger partial charge in [-0.25, -0.2) is 4.39 Å². The van der Waals surface area contributed by atoms with Gasteiger partial charge in [0.1, 0.15) is 12.1 Å². The third-order valence-electron chi connectivity index (χ3n) is 2.58. The Bertz CT molecular complexity index is 383. The molecule has 0 radical (unpaired) electrons. The van der Waals surface area contributed by atoms with Crippen LogP contribution in [0, 0.1) is 12.7 Å². The van der Waals surface area contributed by atoms with Gasteiger partial charge in [-0.3, -0.25) is 4.79 Å². The maximum atomic E-state index is 13.4. The molecule has 3 heteroatoms. The molecular weight excluding hydrogens is 195 g/mol. The van der Waals surface area contributed by atoms with E-state index in [0.717, 1.165) is 0 Å². The molecule has 0 aliphatic heterocycles. The second kappa shape index (κ2) is 4.11. The number of halogens is 1. The number of rotatable bonds is 3. The molecule has 0 atom stereocenters. The van der Waals surface area contributed by atoms with Gasteiger partial charge in [-0.15, -0.1) is 0 Å². The molecule has 0 saturated carbocycles. The molecule has 2 nitrogen and oxygen atoms in total. The Balaban J connectivity index is 3.40. The van der Waals surface area contributed by atoms with Crippen molar-refractivity contribution in [3.05, 3.63) is 34.6 Å². The van der Waals surface area contributed by atoms with Crippen LogP contribution in [0.5, 0.6) is 0 Å². The lowest BCUT2D eigenvalue weighted by atomic mass is 9.82. The molecule has 82 valence electrons. The van der Waals surface area contributed by atoms with Crippen molar-refractivity contribution in [1.29, 1.82) is 0 Å². The van der Waals surface area contributed by atoms with E-state index in [1.165, 1.54) is 12.1 Å². The van der Waals surface area contributed by atoms with Crippen molar-refractivity contribution in [2.75, 3.05) is 6.61 Å². The van der Waals surface area contributed by atoms with Crippen LogP contribution in [0.15, 0.2) is 12.1 Å². The third kappa shape index (κ3) is 2.23. The van der Waals surface area contributed by atoms with E-state index in [0.29, 0.717) is 23.0 Å². The van der Waals surface area contributed by atoms with Crippen LogP contribution in [-0.4, -0.2) is 18.0 Å². The standard InChI is InChI=1S/C12H15FO2/c1-8-4-9(6-14)10(5-11(8)13)12(2,3)7-15/h4-6,15H,7H2,1-3H3. The van der Waals surface area contributed by atoms with E-state index in [2.05, 4.69) is 0 Å². The molecule has 1 aromatic carbocycles. The Morgan fingerprint density at radius 2 is 2.07 bits per heavy atom. The largest absolute Gasteiger partial charge is 0.395 e. The highest BCUT2D eigenvalue weighted by Gasteiger charge is 2.23. The van der Waals surface area contributed by atoms with Crippen molar-refractivity contribution < 1.29 is 14.3 Å². The highest BCUT2D eigenvalue weighted by Crippen LogP contribution is 2.27. The summed E-state index contributed by atoms with van der Waals surface area (Å²) in [5.41, 5.74) is 0.816. The zero-order valence-corrected chi connectivity index (χ0v) is 9.17. The lowest BCUT2D eigenvalue weighted by Crippen LogP contribution is -2.24. The van der Waals surface area contributed by atoms with E-state index in [1.807, 2.05) is 0 Å². The first-order valence-electron chi connectivity index (χ1n) is 4.79. The van der Waals surface area contributed by atoms with E-state index >= 15 is 0 Å². The molecule has 0 aliphatic rings. The normalized spacial score (nSPS) is 11.5. The van der Waals surface area contributed by atoms with Crippen molar-refractivity contribution >= 4 is 6.29 Å². The van der Waals surface area contributed by atoms with Crippen LogP contribution in [0.2, 0.25) is 0 Å². The lowest BCUT2D eigenvalue weighted by Gasteiger charge is -2.24. The predicted octanol–water partition coefficient (Wildman–Crippen LogP) is 2.22. The van der Waals surface area contributed by atoms with E-state index in [1.54, 1.807) is 20.8 Å². The van der Waals surface area contributed by atoms with E-state index in [9.17, 15) is 14.3 Å². The fourth-order valence-electron chi connectivity index (χ4n) is 1.47. The summed E-state index contributed by atoms with van der Waals surface area (Å²) in [6, 6.07) is 2.84. The van der Waals surface area contributed by atoms with Gasteiger partial charge in [0.05, 0.1) is 6.61 Å². The molecular formula is C12H15FO2. The van der Waals surface area contributed by atoms with Crippen LogP contribution >= 0.6 is 0 Å². The van der Waals surface area contributed by atoms with Gasteiger partial charge >= 0.3 is 0 Å². The summed E-state index contributed by atoms with van der Waals surface area (Å²) in [5, 5.41) is 9.19. The van der Waals surface area contributed by atoms with Gasteiger partial charge in [0.25, 0.3) is 0 Å². The summed E-state index contributed by atoms with van der Waals surface area (Å²) >= 11 is 0. The van der Waals surface area contributed by atoms with Gasteiger partial charge in [0, 0.05) is 11.0 Å². The average molecular weight is 210 g/mol. The number of carbonyl (C=O) groups excluding carboxylic acids is 1. The van der Waals surface area contributed by atoms with Crippen molar-refractivity contribution in [3.63, 3.8) is 0 Å². The van der Waals surface area contributed by atoms with Gasteiger partial charge < -0.3 is 5.11 Å². The van der Waals surface area contributed by atoms with Crippen LogP contribution in [0.3, 0.4) is 0 Å². The predicted molar refractivity (Wildman–Crippen MR) is 56.6 cm³/mol. The van der Waals surface area contributed by atoms with Gasteiger partial charge in [0.2, 0.25) is 0 Å². The minimum absolute atomic E-state index is 0.129. The molecule has 0 spiro atoms. The zero-order chi connectivity index (χ0) is 11.6. The van der Waals surface area contributed by atoms with Gasteiger partial charge in [-0.05, 0) is 30.2 Å². The number of hydrogen-bond acceptors (Lipinski definition) is 2. The van der Waals surface area contributed by atoms with Crippen molar-refractivity contribution in [2.24, 2.45) is 0 Å². The molecule has 0 amide bonds. The zero-order valence-electron chi connectivity index (χ0n) is 9.17. The highest BCUT2D eigenvalue weighted by atomic mass is 19.1. The summed E-state index contributed by atoms with van der Waals surface area (Å²) in [4.78, 5) is 10.8. The maximum Gasteiger partial charge on any atom is 0.150 e. The summed E-state index contributed by atoms with van der Waals surface area (Å²) in [6.45, 7) is 5.02. The number of benzene rings is 1. The Kier molecular flexibility index (Phi) is 3.25. The summed E-state index contributed by atoms with van der Waals surface area (Å²) in [5.74, 6) is -0.350. The summed E-state index contributed by atoms with van der Waals surface area (Å²) in [7, 11) is 0. The molecule has 0 heterocycles. The fraction of sp³-hybridized carbons (Fsp3) is 0.417. The minimum atomic E-state index is -0.606. The first-order chi connectivity index (χ1) is 6.92. The molecule has 0 saturated heterocycles. The first kappa shape index (κ1) is 11.9. The molecule has 1 N–H and O–H groups in total. The topological polar surface area (TPSA) is 37.3 Å². The Morgan fingerprint density at radius 3 is 2.53 bits per heavy atom. The number of aryl methyl sites for hydroxylation is 1. The lowest BCUT2D eigenvalue weighted by molar-refractivity contribution is 0.111. The number of aldehydes is 1. The van der Waals surface area contributed by atoms with Crippen molar-refractivity contribution in [3.8, 4) is 0 Å². The van der Waals surface area contributed by atoms with Crippen LogP contribution in [0.25, 0.3) is 0 Å². The smallest absolute Gasteiger partial charge is 0.150 e. The van der Waals surface area contributed by atoms with E-state index in [-0.39, 0.29) is 12.4 Å². The quantitative estimate of drug-likeness (QED) is 0.777. The Morgan fingerprint density at radius 1 is 1.47 bits per heavy atom. The van der Waals surface area contributed by atoms with Gasteiger partial charge in [-0.2, -0.15) is 0 Å². The number of aliphatic hydroxyl groups excluding tert-OH is 1. The van der Waals surface area contributed by atoms with Gasteiger partial charge in [0.15, 0.2) is 0 Å². The average Bonchev–Trinajstić information content (AvgIpc) is 2.21. The monoisotopic (exact) mass is 210 g/mol. The molecule has 1 rings (SSSR count). The SMILES string of the molecule is Cc1cc(C=O)c(C(C)(C)CO)cc1F. The van der Waals surface area contributed by atoms with Crippen LogP contribution in [-0.2, 0) is 5.41 Å². The van der Waals surface area contributed by atoms with Crippen molar-refractivity contribution in [2.45, 2.75) is 26.2 Å². The second-order valence-electron chi connectivity index (χ2n) is 4.35. The summed E-state index contributed by atoms with van der Waals surface area (Å²) < 4.78 is 13.4. The van der Waals surface area contributed by atoms with Gasteiger partial charge in [-0.1, -0.05) is 13.8 Å². The summed E-state index contributed by atoms with van der Waals surface area (Å²) in [6.07, 6.45) is 0.694. The third-order valence-corrected chi connectivity index (χ3v) is 2.58. The maximum absolute atomic E-state index is 13.4. The number of carbonyl (C=O) groups is 1. The van der Waals surface area contributed by atoms with E-state index in [4.69, 9.17) is 0 Å². The molecule has 0 aromatic heterocycles. The minimum Gasteiger partial charge on any atom is -0.395 e. The molecule has 0 fully saturated rings. The fourth-order valence-corrected chi connectivity index (χ4v) is 1.47. The van der Waals surface area contributed by atoms with Crippen LogP contribution < -0.4 is 0 Å². The van der Waals surface area contributed by atoms with Crippen molar-refractivity contribution in [1.82, 2.24) is 0 Å². The van der Waals surface area contributed by atoms with Crippen LogP contribution in [0.1, 0.15) is 35.3 Å². The van der Waals surface area contributed by atoms with E-state index < -0.39 is 5.41 Å². The molecule has 15 heavy (non-hydrogen) atoms.